The lowest BCUT2D eigenvalue weighted by atomic mass is 9.92. The first kappa shape index (κ1) is 39.4. The van der Waals surface area contributed by atoms with Gasteiger partial charge in [-0.05, 0) is 107 Å². The molecule has 12 rings (SSSR count). The van der Waals surface area contributed by atoms with Gasteiger partial charge in [-0.15, -0.1) is 0 Å². The van der Waals surface area contributed by atoms with Gasteiger partial charge in [0.15, 0.2) is 0 Å². The molecule has 11 aromatic carbocycles. The molecular formula is C59H42NO2P. The standard InChI is InChI=1S/C21H14.C20H13NO2.C18H15P/c1-3-7-18-14(5-1)9-11-16-13-17-12-10-15-6-2-4-8-19(15)21(17)20(16)18;22-21(23)19-13-12-15-7-2-4-10-17(15)20(19)18-11-5-8-14-6-1-3-9-16(14)18;1-4-10-16(11-5-1)19(17-12-6-2-7-13-17)18-14-8-3-9-15-18/h1-12H,13H2;1-13H;1-15H. The van der Waals surface area contributed by atoms with Crippen LogP contribution in [0.3, 0.4) is 0 Å². The monoisotopic (exact) mass is 827 g/mol. The molecule has 0 unspecified atom stereocenters. The summed E-state index contributed by atoms with van der Waals surface area (Å²) in [7, 11) is -0.446. The maximum Gasteiger partial charge on any atom is 0.277 e. The third-order valence-corrected chi connectivity index (χ3v) is 14.3. The van der Waals surface area contributed by atoms with Crippen molar-refractivity contribution in [3.05, 3.63) is 264 Å². The molecule has 0 saturated heterocycles. The Balaban J connectivity index is 0.000000113. The molecule has 0 aliphatic heterocycles. The van der Waals surface area contributed by atoms with Crippen molar-refractivity contribution in [2.24, 2.45) is 0 Å². The molecular weight excluding hydrogens is 786 g/mol. The van der Waals surface area contributed by atoms with Crippen LogP contribution in [0.4, 0.5) is 5.69 Å². The number of nitro groups is 1. The topological polar surface area (TPSA) is 43.1 Å². The smallest absolute Gasteiger partial charge is 0.258 e. The van der Waals surface area contributed by atoms with Crippen molar-refractivity contribution >= 4 is 72.6 Å². The minimum absolute atomic E-state index is 0.139. The number of hydrogen-bond acceptors (Lipinski definition) is 2. The third kappa shape index (κ3) is 7.88. The van der Waals surface area contributed by atoms with Crippen molar-refractivity contribution in [1.29, 1.82) is 0 Å². The van der Waals surface area contributed by atoms with Crippen LogP contribution < -0.4 is 15.9 Å². The first-order valence-corrected chi connectivity index (χ1v) is 22.6. The van der Waals surface area contributed by atoms with E-state index in [0.717, 1.165) is 33.5 Å². The van der Waals surface area contributed by atoms with Gasteiger partial charge in [0.05, 0.1) is 10.5 Å². The minimum atomic E-state index is -0.446. The Hall–Kier alpha value is -7.71. The first-order chi connectivity index (χ1) is 31.1. The fraction of sp³-hybridized carbons (Fsp3) is 0.0169. The van der Waals surface area contributed by atoms with E-state index in [-0.39, 0.29) is 10.6 Å². The normalized spacial score (nSPS) is 11.4. The number of hydrogen-bond donors (Lipinski definition) is 0. The predicted octanol–water partition coefficient (Wildman–Crippen LogP) is 14.6. The van der Waals surface area contributed by atoms with Crippen LogP contribution in [0.5, 0.6) is 0 Å². The molecule has 63 heavy (non-hydrogen) atoms. The summed E-state index contributed by atoms with van der Waals surface area (Å²) in [5.41, 5.74) is 7.52. The van der Waals surface area contributed by atoms with Crippen LogP contribution in [0.15, 0.2) is 243 Å². The molecule has 0 saturated carbocycles. The van der Waals surface area contributed by atoms with Crippen molar-refractivity contribution in [1.82, 2.24) is 0 Å². The minimum Gasteiger partial charge on any atom is -0.258 e. The summed E-state index contributed by atoms with van der Waals surface area (Å²) in [6.45, 7) is 0. The van der Waals surface area contributed by atoms with Crippen LogP contribution in [0.25, 0.3) is 65.3 Å². The van der Waals surface area contributed by atoms with Gasteiger partial charge in [-0.1, -0.05) is 231 Å². The zero-order valence-corrected chi connectivity index (χ0v) is 35.4. The Morgan fingerprint density at radius 1 is 0.333 bits per heavy atom. The summed E-state index contributed by atoms with van der Waals surface area (Å²) in [4.78, 5) is 11.3. The van der Waals surface area contributed by atoms with Gasteiger partial charge in [0.25, 0.3) is 5.69 Å². The van der Waals surface area contributed by atoms with E-state index in [1.54, 1.807) is 6.07 Å². The number of nitrogens with zero attached hydrogens (tertiary/aromatic N) is 1. The summed E-state index contributed by atoms with van der Waals surface area (Å²) < 4.78 is 0. The molecule has 3 nitrogen and oxygen atoms in total. The van der Waals surface area contributed by atoms with Crippen LogP contribution in [0.1, 0.15) is 11.1 Å². The molecule has 11 aromatic rings. The van der Waals surface area contributed by atoms with Crippen LogP contribution in [-0.4, -0.2) is 4.92 Å². The van der Waals surface area contributed by atoms with Crippen molar-refractivity contribution in [3.63, 3.8) is 0 Å². The average molecular weight is 828 g/mol. The van der Waals surface area contributed by atoms with Crippen molar-refractivity contribution in [2.45, 2.75) is 6.42 Å². The molecule has 0 N–H and O–H groups in total. The van der Waals surface area contributed by atoms with Gasteiger partial charge < -0.3 is 0 Å². The highest BCUT2D eigenvalue weighted by atomic mass is 31.1. The SMILES string of the molecule is O=[N+]([O-])c1ccc2ccccc2c1-c1cccc2ccccc12.c1ccc(P(c2ccccc2)c2ccccc2)cc1.c1ccc2c3c(ccc2c1)Cc1ccc2ccccc2c1-3. The zero-order valence-electron chi connectivity index (χ0n) is 34.5. The fourth-order valence-corrected chi connectivity index (χ4v) is 11.3. The Morgan fingerprint density at radius 3 is 1.13 bits per heavy atom. The van der Waals surface area contributed by atoms with E-state index in [1.807, 2.05) is 72.8 Å². The third-order valence-electron chi connectivity index (χ3n) is 11.9. The van der Waals surface area contributed by atoms with Gasteiger partial charge >= 0.3 is 0 Å². The quantitative estimate of drug-likeness (QED) is 0.0985. The summed E-state index contributed by atoms with van der Waals surface area (Å²) in [5.74, 6) is 0. The maximum atomic E-state index is 11.6. The van der Waals surface area contributed by atoms with Crippen LogP contribution in [-0.2, 0) is 6.42 Å². The predicted molar refractivity (Wildman–Crippen MR) is 268 cm³/mol. The first-order valence-electron chi connectivity index (χ1n) is 21.2. The second-order valence-corrected chi connectivity index (χ2v) is 17.8. The molecule has 300 valence electrons. The van der Waals surface area contributed by atoms with Gasteiger partial charge in [-0.3, -0.25) is 10.1 Å². The Bertz CT molecular complexity index is 3220. The van der Waals surface area contributed by atoms with Gasteiger partial charge in [-0.25, -0.2) is 0 Å². The summed E-state index contributed by atoms with van der Waals surface area (Å²) in [6, 6.07) is 84.0. The van der Waals surface area contributed by atoms with Gasteiger partial charge in [0, 0.05) is 6.07 Å². The van der Waals surface area contributed by atoms with E-state index in [4.69, 9.17) is 0 Å². The Morgan fingerprint density at radius 2 is 0.683 bits per heavy atom. The van der Waals surface area contributed by atoms with E-state index >= 15 is 0 Å². The number of rotatable bonds is 5. The summed E-state index contributed by atoms with van der Waals surface area (Å²) in [6.07, 6.45) is 1.06. The lowest BCUT2D eigenvalue weighted by Crippen LogP contribution is -2.20. The molecule has 1 aliphatic carbocycles. The zero-order chi connectivity index (χ0) is 42.5. The lowest BCUT2D eigenvalue weighted by molar-refractivity contribution is -0.384. The van der Waals surface area contributed by atoms with Crippen LogP contribution in [0.2, 0.25) is 0 Å². The number of benzene rings is 11. The average Bonchev–Trinajstić information content (AvgIpc) is 3.75. The van der Waals surface area contributed by atoms with E-state index in [2.05, 4.69) is 164 Å². The van der Waals surface area contributed by atoms with Crippen molar-refractivity contribution in [2.75, 3.05) is 0 Å². The molecule has 0 radical (unpaired) electrons. The molecule has 1 aliphatic rings. The molecule has 0 spiro atoms. The highest BCUT2D eigenvalue weighted by molar-refractivity contribution is 7.79. The van der Waals surface area contributed by atoms with Gasteiger partial charge in [0.2, 0.25) is 0 Å². The van der Waals surface area contributed by atoms with Crippen LogP contribution in [0, 0.1) is 10.1 Å². The highest BCUT2D eigenvalue weighted by Crippen LogP contribution is 2.45. The molecule has 4 heteroatoms. The molecule has 0 amide bonds. The van der Waals surface area contributed by atoms with E-state index in [0.29, 0.717) is 5.56 Å². The largest absolute Gasteiger partial charge is 0.277 e. The Kier molecular flexibility index (Phi) is 11.1. The van der Waals surface area contributed by atoms with Crippen LogP contribution >= 0.6 is 7.92 Å². The second-order valence-electron chi connectivity index (χ2n) is 15.6. The molecule has 0 bridgehead atoms. The molecule has 0 aromatic heterocycles. The number of fused-ring (bicyclic) bond motifs is 9. The van der Waals surface area contributed by atoms with E-state index < -0.39 is 7.92 Å². The molecule has 0 fully saturated rings. The maximum absolute atomic E-state index is 11.6. The number of nitro benzene ring substituents is 1. The van der Waals surface area contributed by atoms with Gasteiger partial charge in [-0.2, -0.15) is 0 Å². The summed E-state index contributed by atoms with van der Waals surface area (Å²) in [5, 5.41) is 25.2. The van der Waals surface area contributed by atoms with Gasteiger partial charge in [0.1, 0.15) is 0 Å². The van der Waals surface area contributed by atoms with E-state index in [1.165, 1.54) is 59.7 Å². The van der Waals surface area contributed by atoms with E-state index in [9.17, 15) is 10.1 Å². The van der Waals surface area contributed by atoms with Crippen molar-refractivity contribution in [3.8, 4) is 22.3 Å². The second kappa shape index (κ2) is 17.7. The van der Waals surface area contributed by atoms with Crippen molar-refractivity contribution < 1.29 is 4.92 Å². The highest BCUT2D eigenvalue weighted by Gasteiger charge is 2.23. The summed E-state index contributed by atoms with van der Waals surface area (Å²) >= 11 is 0. The molecule has 0 heterocycles. The lowest BCUT2D eigenvalue weighted by Gasteiger charge is -2.18. The Labute approximate surface area is 368 Å². The fourth-order valence-electron chi connectivity index (χ4n) is 9.04. The molecule has 0 atom stereocenters.